The van der Waals surface area contributed by atoms with E-state index in [1.165, 1.54) is 5.56 Å². The quantitative estimate of drug-likeness (QED) is 0.546. The summed E-state index contributed by atoms with van der Waals surface area (Å²) < 4.78 is 0. The minimum absolute atomic E-state index is 0.0761. The molecule has 2 aliphatic rings. The van der Waals surface area contributed by atoms with Crippen LogP contribution >= 0.6 is 0 Å². The van der Waals surface area contributed by atoms with Crippen LogP contribution in [0.4, 0.5) is 0 Å². The molecule has 3 N–H and O–H groups in total. The summed E-state index contributed by atoms with van der Waals surface area (Å²) >= 11 is 0. The molecule has 2 heterocycles. The summed E-state index contributed by atoms with van der Waals surface area (Å²) in [6, 6.07) is 17.0. The largest absolute Gasteiger partial charge is 0.350 e. The van der Waals surface area contributed by atoms with Gasteiger partial charge in [0, 0.05) is 32.0 Å². The van der Waals surface area contributed by atoms with Gasteiger partial charge in [-0.1, -0.05) is 60.2 Å². The number of nitrogens with one attached hydrogen (secondary N) is 3. The van der Waals surface area contributed by atoms with Gasteiger partial charge >= 0.3 is 0 Å². The van der Waals surface area contributed by atoms with Crippen molar-refractivity contribution < 1.29 is 14.4 Å². The molecule has 2 aromatic rings. The first-order valence-corrected chi connectivity index (χ1v) is 12.7. The van der Waals surface area contributed by atoms with Crippen molar-refractivity contribution in [2.24, 2.45) is 5.92 Å². The maximum absolute atomic E-state index is 13.1. The van der Waals surface area contributed by atoms with Gasteiger partial charge in [-0.15, -0.1) is 0 Å². The molecular weight excluding hydrogens is 440 g/mol. The van der Waals surface area contributed by atoms with E-state index in [-0.39, 0.29) is 29.7 Å². The van der Waals surface area contributed by atoms with E-state index in [4.69, 9.17) is 0 Å². The second-order valence-corrected chi connectivity index (χ2v) is 9.70. The number of rotatable bonds is 8. The highest BCUT2D eigenvalue weighted by Gasteiger charge is 2.33. The maximum Gasteiger partial charge on any atom is 0.243 e. The van der Waals surface area contributed by atoms with Gasteiger partial charge < -0.3 is 20.9 Å². The van der Waals surface area contributed by atoms with Crippen molar-refractivity contribution >= 4 is 17.7 Å². The molecule has 0 aliphatic carbocycles. The van der Waals surface area contributed by atoms with Gasteiger partial charge in [0.2, 0.25) is 17.7 Å². The molecule has 2 saturated heterocycles. The average Bonchev–Trinajstić information content (AvgIpc) is 3.43. The number of carbonyl (C=O) groups excluding carboxylic acids is 3. The van der Waals surface area contributed by atoms with Gasteiger partial charge in [0.15, 0.2) is 0 Å². The highest BCUT2D eigenvalue weighted by atomic mass is 16.2. The number of carbonyl (C=O) groups is 3. The fourth-order valence-corrected chi connectivity index (χ4v) is 4.84. The highest BCUT2D eigenvalue weighted by Crippen LogP contribution is 2.20. The van der Waals surface area contributed by atoms with Crippen molar-refractivity contribution in [3.63, 3.8) is 0 Å². The van der Waals surface area contributed by atoms with Crippen LogP contribution in [-0.2, 0) is 27.3 Å². The van der Waals surface area contributed by atoms with Crippen LogP contribution in [0.1, 0.15) is 42.4 Å². The molecule has 0 bridgehead atoms. The molecule has 0 aromatic heterocycles. The Balaban J connectivity index is 1.34. The molecule has 35 heavy (non-hydrogen) atoms. The third-order valence-electron chi connectivity index (χ3n) is 7.04. The minimum Gasteiger partial charge on any atom is -0.350 e. The molecule has 7 nitrogen and oxygen atoms in total. The lowest BCUT2D eigenvalue weighted by molar-refractivity contribution is -0.137. The van der Waals surface area contributed by atoms with E-state index >= 15 is 0 Å². The summed E-state index contributed by atoms with van der Waals surface area (Å²) in [4.78, 5) is 40.8. The van der Waals surface area contributed by atoms with E-state index in [0.29, 0.717) is 38.9 Å². The standard InChI is InChI=1S/C28H36N4O3/c1-20-9-11-22(12-10-20)19-30-27(34)25(18-21-6-3-2-4-7-21)31-26(33)23-13-16-32(17-14-23)28(35)24-8-5-15-29-24/h2-4,6-7,9-12,23-25,29H,5,8,13-19H2,1H3,(H,30,34)(H,31,33)/t24-,25-/m0/s1. The van der Waals surface area contributed by atoms with Crippen LogP contribution in [0.2, 0.25) is 0 Å². The molecule has 3 amide bonds. The van der Waals surface area contributed by atoms with E-state index in [1.54, 1.807) is 0 Å². The number of benzene rings is 2. The Morgan fingerprint density at radius 3 is 2.34 bits per heavy atom. The normalized spacial score (nSPS) is 19.2. The molecule has 186 valence electrons. The van der Waals surface area contributed by atoms with Gasteiger partial charge in [-0.3, -0.25) is 14.4 Å². The molecule has 2 fully saturated rings. The first-order valence-electron chi connectivity index (χ1n) is 12.7. The van der Waals surface area contributed by atoms with Crippen molar-refractivity contribution in [3.8, 4) is 0 Å². The molecular formula is C28H36N4O3. The van der Waals surface area contributed by atoms with Crippen molar-refractivity contribution in [1.82, 2.24) is 20.9 Å². The zero-order valence-corrected chi connectivity index (χ0v) is 20.5. The van der Waals surface area contributed by atoms with E-state index in [9.17, 15) is 14.4 Å². The topological polar surface area (TPSA) is 90.5 Å². The average molecular weight is 477 g/mol. The Kier molecular flexibility index (Phi) is 8.53. The first-order chi connectivity index (χ1) is 17.0. The number of nitrogens with zero attached hydrogens (tertiary/aromatic N) is 1. The van der Waals surface area contributed by atoms with Crippen LogP contribution in [0, 0.1) is 12.8 Å². The Morgan fingerprint density at radius 2 is 1.69 bits per heavy atom. The Labute approximate surface area is 207 Å². The SMILES string of the molecule is Cc1ccc(CNC(=O)[C@H](Cc2ccccc2)NC(=O)C2CCN(C(=O)[C@@H]3CCCN3)CC2)cc1. The predicted molar refractivity (Wildman–Crippen MR) is 135 cm³/mol. The molecule has 0 spiro atoms. The Bertz CT molecular complexity index is 995. The smallest absolute Gasteiger partial charge is 0.243 e. The lowest BCUT2D eigenvalue weighted by Gasteiger charge is -2.33. The molecule has 0 saturated carbocycles. The molecule has 2 aliphatic heterocycles. The van der Waals surface area contributed by atoms with Crippen molar-refractivity contribution in [1.29, 1.82) is 0 Å². The van der Waals surface area contributed by atoms with E-state index < -0.39 is 6.04 Å². The van der Waals surface area contributed by atoms with Crippen LogP contribution in [0.5, 0.6) is 0 Å². The van der Waals surface area contributed by atoms with Crippen LogP contribution in [-0.4, -0.2) is 54.3 Å². The summed E-state index contributed by atoms with van der Waals surface area (Å²) in [5, 5.41) is 9.26. The van der Waals surface area contributed by atoms with Crippen LogP contribution in [0.15, 0.2) is 54.6 Å². The van der Waals surface area contributed by atoms with Crippen LogP contribution in [0.25, 0.3) is 0 Å². The Morgan fingerprint density at radius 1 is 0.971 bits per heavy atom. The van der Waals surface area contributed by atoms with Gasteiger partial charge in [-0.25, -0.2) is 0 Å². The molecule has 2 aromatic carbocycles. The number of aryl methyl sites for hydroxylation is 1. The van der Waals surface area contributed by atoms with Crippen LogP contribution in [0.3, 0.4) is 0 Å². The van der Waals surface area contributed by atoms with Crippen molar-refractivity contribution in [2.75, 3.05) is 19.6 Å². The van der Waals surface area contributed by atoms with Gasteiger partial charge in [0.25, 0.3) is 0 Å². The summed E-state index contributed by atoms with van der Waals surface area (Å²) in [6.45, 7) is 4.50. The van der Waals surface area contributed by atoms with Gasteiger partial charge in [-0.2, -0.15) is 0 Å². The third kappa shape index (κ3) is 6.92. The first kappa shape index (κ1) is 24.9. The molecule has 7 heteroatoms. The number of likely N-dealkylation sites (tertiary alicyclic amines) is 1. The number of amides is 3. The van der Waals surface area contributed by atoms with Gasteiger partial charge in [0.05, 0.1) is 6.04 Å². The summed E-state index contributed by atoms with van der Waals surface area (Å²) in [6.07, 6.45) is 3.58. The van der Waals surface area contributed by atoms with E-state index in [2.05, 4.69) is 16.0 Å². The molecule has 2 atom stereocenters. The monoisotopic (exact) mass is 476 g/mol. The summed E-state index contributed by atoms with van der Waals surface area (Å²) in [5.74, 6) is -0.345. The number of hydrogen-bond acceptors (Lipinski definition) is 4. The minimum atomic E-state index is -0.655. The lowest BCUT2D eigenvalue weighted by Crippen LogP contribution is -2.52. The fourth-order valence-electron chi connectivity index (χ4n) is 4.84. The third-order valence-corrected chi connectivity index (χ3v) is 7.04. The number of piperidine rings is 1. The second-order valence-electron chi connectivity index (χ2n) is 9.70. The Hall–Kier alpha value is -3.19. The predicted octanol–water partition coefficient (Wildman–Crippen LogP) is 2.33. The van der Waals surface area contributed by atoms with Crippen molar-refractivity contribution in [3.05, 3.63) is 71.3 Å². The zero-order chi connectivity index (χ0) is 24.6. The second kappa shape index (κ2) is 12.0. The summed E-state index contributed by atoms with van der Waals surface area (Å²) in [5.41, 5.74) is 3.18. The van der Waals surface area contributed by atoms with Gasteiger partial charge in [0.1, 0.15) is 6.04 Å². The van der Waals surface area contributed by atoms with Crippen molar-refractivity contribution in [2.45, 2.75) is 57.7 Å². The highest BCUT2D eigenvalue weighted by molar-refractivity contribution is 5.89. The fraction of sp³-hybridized carbons (Fsp3) is 0.464. The summed E-state index contributed by atoms with van der Waals surface area (Å²) in [7, 11) is 0. The lowest BCUT2D eigenvalue weighted by atomic mass is 9.94. The van der Waals surface area contributed by atoms with E-state index in [1.807, 2.05) is 66.4 Å². The van der Waals surface area contributed by atoms with E-state index in [0.717, 1.165) is 30.5 Å². The zero-order valence-electron chi connectivity index (χ0n) is 20.5. The maximum atomic E-state index is 13.1. The molecule has 0 radical (unpaired) electrons. The molecule has 4 rings (SSSR count). The van der Waals surface area contributed by atoms with Crippen LogP contribution < -0.4 is 16.0 Å². The molecule has 0 unspecified atom stereocenters. The van der Waals surface area contributed by atoms with Gasteiger partial charge in [-0.05, 0) is 50.3 Å². The number of hydrogen-bond donors (Lipinski definition) is 3.